The second-order valence-corrected chi connectivity index (χ2v) is 7.69. The second-order valence-electron chi connectivity index (χ2n) is 7.28. The molecule has 1 saturated heterocycles. The maximum atomic E-state index is 13.0. The molecule has 2 heterocycles. The lowest BCUT2D eigenvalue weighted by Gasteiger charge is -2.38. The van der Waals surface area contributed by atoms with Crippen LogP contribution in [0.25, 0.3) is 5.69 Å². The fraction of sp³-hybridized carbons (Fsp3) is 0.261. The number of rotatable bonds is 5. The Kier molecular flexibility index (Phi) is 6.34. The Morgan fingerprint density at radius 2 is 1.68 bits per heavy atom. The van der Waals surface area contributed by atoms with Gasteiger partial charge in [-0.3, -0.25) is 9.69 Å². The van der Waals surface area contributed by atoms with Crippen LogP contribution < -0.4 is 0 Å². The van der Waals surface area contributed by atoms with Crippen molar-refractivity contribution in [2.24, 2.45) is 0 Å². The van der Waals surface area contributed by atoms with Crippen molar-refractivity contribution in [3.8, 4) is 5.69 Å². The predicted molar refractivity (Wildman–Crippen MR) is 117 cm³/mol. The molecule has 1 atom stereocenters. The number of aromatic nitrogens is 2. The van der Waals surface area contributed by atoms with E-state index in [1.54, 1.807) is 28.0 Å². The molecular formula is C23H23ClN4O3. The molecule has 3 aromatic rings. The molecule has 160 valence electrons. The normalized spacial score (nSPS) is 15.5. The Morgan fingerprint density at radius 1 is 1.00 bits per heavy atom. The number of ether oxygens (including phenoxy) is 1. The Bertz CT molecular complexity index is 1060. The number of halogens is 1. The minimum atomic E-state index is -0.600. The van der Waals surface area contributed by atoms with Gasteiger partial charge in [0.25, 0.3) is 5.91 Å². The summed E-state index contributed by atoms with van der Waals surface area (Å²) in [5, 5.41) is 4.83. The fourth-order valence-corrected chi connectivity index (χ4v) is 4.04. The zero-order valence-electron chi connectivity index (χ0n) is 17.1. The standard InChI is InChI=1S/C23H23ClN4O3/c1-31-23(30)21(19-9-5-6-10-20(19)24)26-11-13-27(14-12-26)22(29)17-15-25-28(16-17)18-7-3-2-4-8-18/h2-10,15-16,21H,11-14H2,1H3. The highest BCUT2D eigenvalue weighted by molar-refractivity contribution is 6.31. The number of carbonyl (C=O) groups excluding carboxylic acids is 2. The van der Waals surface area contributed by atoms with Gasteiger partial charge in [-0.2, -0.15) is 5.10 Å². The Morgan fingerprint density at radius 3 is 2.35 bits per heavy atom. The first kappa shape index (κ1) is 21.1. The number of para-hydroxylation sites is 1. The molecule has 0 aliphatic carbocycles. The van der Waals surface area contributed by atoms with Crippen LogP contribution in [0.15, 0.2) is 67.0 Å². The Hall–Kier alpha value is -3.16. The minimum Gasteiger partial charge on any atom is -0.468 e. The molecule has 1 aliphatic rings. The van der Waals surface area contributed by atoms with Crippen LogP contribution in [0.5, 0.6) is 0 Å². The minimum absolute atomic E-state index is 0.0748. The Balaban J connectivity index is 1.45. The molecule has 1 aromatic heterocycles. The van der Waals surface area contributed by atoms with E-state index >= 15 is 0 Å². The van der Waals surface area contributed by atoms with Gasteiger partial charge in [0.1, 0.15) is 6.04 Å². The van der Waals surface area contributed by atoms with E-state index < -0.39 is 6.04 Å². The highest BCUT2D eigenvalue weighted by atomic mass is 35.5. The molecule has 1 unspecified atom stereocenters. The van der Waals surface area contributed by atoms with Crippen LogP contribution in [0.4, 0.5) is 0 Å². The average molecular weight is 439 g/mol. The quantitative estimate of drug-likeness (QED) is 0.572. The van der Waals surface area contributed by atoms with Gasteiger partial charge in [0.2, 0.25) is 0 Å². The lowest BCUT2D eigenvalue weighted by Crippen LogP contribution is -2.51. The number of esters is 1. The Labute approximate surface area is 185 Å². The van der Waals surface area contributed by atoms with Gasteiger partial charge in [-0.1, -0.05) is 48.0 Å². The zero-order chi connectivity index (χ0) is 21.8. The summed E-state index contributed by atoms with van der Waals surface area (Å²) < 4.78 is 6.72. The number of amides is 1. The molecule has 0 bridgehead atoms. The molecule has 0 radical (unpaired) electrons. The largest absolute Gasteiger partial charge is 0.468 e. The summed E-state index contributed by atoms with van der Waals surface area (Å²) in [5.74, 6) is -0.439. The van der Waals surface area contributed by atoms with Crippen LogP contribution in [0.3, 0.4) is 0 Å². The monoisotopic (exact) mass is 438 g/mol. The van der Waals surface area contributed by atoms with E-state index in [0.717, 1.165) is 5.69 Å². The number of benzene rings is 2. The van der Waals surface area contributed by atoms with E-state index in [9.17, 15) is 9.59 Å². The van der Waals surface area contributed by atoms with Crippen LogP contribution in [0, 0.1) is 0 Å². The molecule has 8 heteroatoms. The van der Waals surface area contributed by atoms with Gasteiger partial charge < -0.3 is 9.64 Å². The highest BCUT2D eigenvalue weighted by Gasteiger charge is 2.33. The summed E-state index contributed by atoms with van der Waals surface area (Å²) in [5.41, 5.74) is 2.14. The van der Waals surface area contributed by atoms with Gasteiger partial charge in [-0.25, -0.2) is 9.48 Å². The molecular weight excluding hydrogens is 416 g/mol. The number of nitrogens with zero attached hydrogens (tertiary/aromatic N) is 4. The number of hydrogen-bond acceptors (Lipinski definition) is 5. The predicted octanol–water partition coefficient (Wildman–Crippen LogP) is 3.20. The molecule has 2 aromatic carbocycles. The van der Waals surface area contributed by atoms with Crippen molar-refractivity contribution in [1.82, 2.24) is 19.6 Å². The van der Waals surface area contributed by atoms with Crippen LogP contribution in [-0.2, 0) is 9.53 Å². The number of hydrogen-bond donors (Lipinski definition) is 0. The fourth-order valence-electron chi connectivity index (χ4n) is 3.80. The summed E-state index contributed by atoms with van der Waals surface area (Å²) in [7, 11) is 1.37. The van der Waals surface area contributed by atoms with E-state index in [4.69, 9.17) is 16.3 Å². The summed E-state index contributed by atoms with van der Waals surface area (Å²) in [4.78, 5) is 29.3. The summed E-state index contributed by atoms with van der Waals surface area (Å²) in [6, 6.07) is 16.3. The SMILES string of the molecule is COC(=O)C(c1ccccc1Cl)N1CCN(C(=O)c2cnn(-c3ccccc3)c2)CC1. The first-order chi connectivity index (χ1) is 15.1. The van der Waals surface area contributed by atoms with Crippen LogP contribution >= 0.6 is 11.6 Å². The number of piperazine rings is 1. The van der Waals surface area contributed by atoms with E-state index in [1.807, 2.05) is 53.4 Å². The van der Waals surface area contributed by atoms with Gasteiger partial charge >= 0.3 is 5.97 Å². The van der Waals surface area contributed by atoms with Crippen LogP contribution in [0.1, 0.15) is 22.0 Å². The summed E-state index contributed by atoms with van der Waals surface area (Å²) in [6.45, 7) is 2.05. The molecule has 1 fully saturated rings. The average Bonchev–Trinajstić information content (AvgIpc) is 3.31. The zero-order valence-corrected chi connectivity index (χ0v) is 17.9. The van der Waals surface area contributed by atoms with Crippen molar-refractivity contribution >= 4 is 23.5 Å². The van der Waals surface area contributed by atoms with E-state index in [-0.39, 0.29) is 11.9 Å². The van der Waals surface area contributed by atoms with Crippen LogP contribution in [-0.4, -0.2) is 64.7 Å². The van der Waals surface area contributed by atoms with Gasteiger partial charge in [0, 0.05) is 37.4 Å². The van der Waals surface area contributed by atoms with Crippen molar-refractivity contribution in [3.63, 3.8) is 0 Å². The number of carbonyl (C=O) groups is 2. The summed E-state index contributed by atoms with van der Waals surface area (Å²) in [6.07, 6.45) is 3.33. The molecule has 4 rings (SSSR count). The van der Waals surface area contributed by atoms with Crippen molar-refractivity contribution in [1.29, 1.82) is 0 Å². The van der Waals surface area contributed by atoms with E-state index in [2.05, 4.69) is 5.10 Å². The van der Waals surface area contributed by atoms with E-state index in [1.165, 1.54) is 7.11 Å². The van der Waals surface area contributed by atoms with E-state index in [0.29, 0.717) is 42.3 Å². The van der Waals surface area contributed by atoms with Gasteiger partial charge in [-0.05, 0) is 23.8 Å². The van der Waals surface area contributed by atoms with Gasteiger partial charge in [-0.15, -0.1) is 0 Å². The third-order valence-electron chi connectivity index (χ3n) is 5.44. The maximum absolute atomic E-state index is 13.0. The topological polar surface area (TPSA) is 67.7 Å². The van der Waals surface area contributed by atoms with Crippen molar-refractivity contribution in [2.75, 3.05) is 33.3 Å². The molecule has 0 spiro atoms. The second kappa shape index (κ2) is 9.32. The third kappa shape index (κ3) is 4.47. The lowest BCUT2D eigenvalue weighted by molar-refractivity contribution is -0.148. The van der Waals surface area contributed by atoms with Crippen molar-refractivity contribution < 1.29 is 14.3 Å². The molecule has 0 N–H and O–H groups in total. The van der Waals surface area contributed by atoms with Crippen molar-refractivity contribution in [3.05, 3.63) is 83.1 Å². The highest BCUT2D eigenvalue weighted by Crippen LogP contribution is 2.29. The van der Waals surface area contributed by atoms with Crippen molar-refractivity contribution in [2.45, 2.75) is 6.04 Å². The molecule has 31 heavy (non-hydrogen) atoms. The maximum Gasteiger partial charge on any atom is 0.327 e. The first-order valence-corrected chi connectivity index (χ1v) is 10.4. The van der Waals surface area contributed by atoms with Crippen LogP contribution in [0.2, 0.25) is 5.02 Å². The third-order valence-corrected chi connectivity index (χ3v) is 5.79. The molecule has 1 aliphatic heterocycles. The number of methoxy groups -OCH3 is 1. The molecule has 1 amide bonds. The lowest BCUT2D eigenvalue weighted by atomic mass is 10.0. The smallest absolute Gasteiger partial charge is 0.327 e. The summed E-state index contributed by atoms with van der Waals surface area (Å²) >= 11 is 6.34. The molecule has 0 saturated carbocycles. The molecule has 7 nitrogen and oxygen atoms in total. The first-order valence-electron chi connectivity index (χ1n) is 10.0. The van der Waals surface area contributed by atoms with Gasteiger partial charge in [0.05, 0.1) is 24.6 Å². The van der Waals surface area contributed by atoms with Gasteiger partial charge in [0.15, 0.2) is 0 Å².